The monoisotopic (exact) mass is 267 g/mol. The molecule has 0 bridgehead atoms. The lowest BCUT2D eigenvalue weighted by atomic mass is 10.1. The summed E-state index contributed by atoms with van der Waals surface area (Å²) in [6, 6.07) is 13.3. The predicted molar refractivity (Wildman–Crippen MR) is 81.0 cm³/mol. The van der Waals surface area contributed by atoms with Crippen molar-refractivity contribution in [2.24, 2.45) is 5.73 Å². The maximum Gasteiger partial charge on any atom is 0.0367 e. The third-order valence-electron chi connectivity index (χ3n) is 4.05. The summed E-state index contributed by atoms with van der Waals surface area (Å²) in [4.78, 5) is 6.80. The minimum atomic E-state index is 0.505. The summed E-state index contributed by atoms with van der Waals surface area (Å²) in [5.41, 5.74) is 9.62. The Morgan fingerprint density at radius 2 is 2.10 bits per heavy atom. The van der Waals surface area contributed by atoms with Crippen LogP contribution < -0.4 is 5.73 Å². The number of hydrogen-bond donors (Lipinski definition) is 1. The first kappa shape index (κ1) is 13.3. The lowest BCUT2D eigenvalue weighted by molar-refractivity contribution is 0.248. The van der Waals surface area contributed by atoms with Crippen LogP contribution in [0.5, 0.6) is 0 Å². The van der Waals surface area contributed by atoms with Gasteiger partial charge in [-0.2, -0.15) is 0 Å². The van der Waals surface area contributed by atoms with Gasteiger partial charge in [0.1, 0.15) is 0 Å². The highest BCUT2D eigenvalue weighted by atomic mass is 15.2. The van der Waals surface area contributed by atoms with Gasteiger partial charge in [-0.05, 0) is 42.1 Å². The fourth-order valence-corrected chi connectivity index (χ4v) is 3.06. The molecular formula is C17H21N3. The van der Waals surface area contributed by atoms with E-state index in [1.54, 1.807) is 0 Å². The molecular weight excluding hydrogens is 246 g/mol. The fraction of sp³-hybridized carbons (Fsp3) is 0.353. The Labute approximate surface area is 120 Å². The minimum absolute atomic E-state index is 0.505. The first-order chi connectivity index (χ1) is 9.86. The molecule has 1 aliphatic heterocycles. The van der Waals surface area contributed by atoms with Gasteiger partial charge in [-0.25, -0.2) is 0 Å². The zero-order chi connectivity index (χ0) is 13.8. The minimum Gasteiger partial charge on any atom is -0.326 e. The Bertz CT molecular complexity index is 553. The first-order valence-electron chi connectivity index (χ1n) is 7.28. The van der Waals surface area contributed by atoms with Gasteiger partial charge in [0, 0.05) is 31.5 Å². The molecule has 2 aromatic rings. The van der Waals surface area contributed by atoms with Crippen LogP contribution in [-0.4, -0.2) is 16.4 Å². The molecule has 0 spiro atoms. The molecule has 1 atom stereocenters. The van der Waals surface area contributed by atoms with Crippen molar-refractivity contribution in [2.45, 2.75) is 32.0 Å². The van der Waals surface area contributed by atoms with Gasteiger partial charge in [0.25, 0.3) is 0 Å². The average molecular weight is 267 g/mol. The predicted octanol–water partition coefficient (Wildman–Crippen LogP) is 2.88. The second kappa shape index (κ2) is 6.16. The van der Waals surface area contributed by atoms with Crippen LogP contribution in [-0.2, 0) is 13.1 Å². The fourth-order valence-electron chi connectivity index (χ4n) is 3.06. The van der Waals surface area contributed by atoms with E-state index in [1.165, 1.54) is 29.5 Å². The van der Waals surface area contributed by atoms with Crippen LogP contribution in [0.4, 0.5) is 0 Å². The van der Waals surface area contributed by atoms with Crippen molar-refractivity contribution in [3.8, 4) is 0 Å². The van der Waals surface area contributed by atoms with Crippen molar-refractivity contribution in [3.63, 3.8) is 0 Å². The van der Waals surface area contributed by atoms with Crippen LogP contribution in [0.2, 0.25) is 0 Å². The lowest BCUT2D eigenvalue weighted by Gasteiger charge is -2.24. The molecule has 1 aliphatic rings. The molecule has 3 heteroatoms. The lowest BCUT2D eigenvalue weighted by Crippen LogP contribution is -2.22. The van der Waals surface area contributed by atoms with Gasteiger partial charge in [-0.3, -0.25) is 9.88 Å². The molecule has 3 nitrogen and oxygen atoms in total. The molecule has 0 saturated carbocycles. The summed E-state index contributed by atoms with van der Waals surface area (Å²) in [6.45, 7) is 2.76. The largest absolute Gasteiger partial charge is 0.326 e. The Morgan fingerprint density at radius 1 is 1.20 bits per heavy atom. The van der Waals surface area contributed by atoms with Crippen molar-refractivity contribution in [2.75, 3.05) is 6.54 Å². The third-order valence-corrected chi connectivity index (χ3v) is 4.05. The van der Waals surface area contributed by atoms with Gasteiger partial charge in [0.05, 0.1) is 0 Å². The standard InChI is InChI=1S/C17H21N3/c18-11-14-4-1-5-15(10-14)13-20-9-3-7-17(20)16-6-2-8-19-12-16/h1-2,4-6,8,10,12,17H,3,7,9,11,13,18H2. The summed E-state index contributed by atoms with van der Waals surface area (Å²) in [6.07, 6.45) is 6.32. The van der Waals surface area contributed by atoms with Crippen molar-refractivity contribution in [3.05, 3.63) is 65.5 Å². The smallest absolute Gasteiger partial charge is 0.0367 e. The number of likely N-dealkylation sites (tertiary alicyclic amines) is 1. The molecule has 2 N–H and O–H groups in total. The van der Waals surface area contributed by atoms with Crippen LogP contribution in [0, 0.1) is 0 Å². The number of rotatable bonds is 4. The molecule has 20 heavy (non-hydrogen) atoms. The maximum absolute atomic E-state index is 5.72. The maximum atomic E-state index is 5.72. The van der Waals surface area contributed by atoms with Crippen LogP contribution in [0.15, 0.2) is 48.8 Å². The van der Waals surface area contributed by atoms with Crippen molar-refractivity contribution >= 4 is 0 Å². The van der Waals surface area contributed by atoms with E-state index in [-0.39, 0.29) is 0 Å². The summed E-state index contributed by atoms with van der Waals surface area (Å²) in [5, 5.41) is 0. The van der Waals surface area contributed by atoms with Gasteiger partial charge in [-0.1, -0.05) is 30.3 Å². The van der Waals surface area contributed by atoms with Gasteiger partial charge in [0.2, 0.25) is 0 Å². The van der Waals surface area contributed by atoms with Gasteiger partial charge in [-0.15, -0.1) is 0 Å². The van der Waals surface area contributed by atoms with E-state index in [1.807, 2.05) is 18.5 Å². The van der Waals surface area contributed by atoms with Crippen molar-refractivity contribution in [1.29, 1.82) is 0 Å². The molecule has 3 rings (SSSR count). The Hall–Kier alpha value is -1.71. The zero-order valence-corrected chi connectivity index (χ0v) is 11.7. The summed E-state index contributed by atoms with van der Waals surface area (Å²) in [5.74, 6) is 0. The molecule has 1 fully saturated rings. The van der Waals surface area contributed by atoms with E-state index >= 15 is 0 Å². The molecule has 0 amide bonds. The quantitative estimate of drug-likeness (QED) is 0.926. The van der Waals surface area contributed by atoms with Crippen molar-refractivity contribution < 1.29 is 0 Å². The highest BCUT2D eigenvalue weighted by Gasteiger charge is 2.25. The molecule has 1 aromatic carbocycles. The van der Waals surface area contributed by atoms with Gasteiger partial charge >= 0.3 is 0 Å². The Morgan fingerprint density at radius 3 is 2.90 bits per heavy atom. The molecule has 1 aromatic heterocycles. The number of aromatic nitrogens is 1. The molecule has 1 unspecified atom stereocenters. The molecule has 104 valence electrons. The number of nitrogens with two attached hydrogens (primary N) is 1. The number of nitrogens with zero attached hydrogens (tertiary/aromatic N) is 2. The second-order valence-corrected chi connectivity index (χ2v) is 5.44. The first-order valence-corrected chi connectivity index (χ1v) is 7.28. The van der Waals surface area contributed by atoms with E-state index in [0.717, 1.165) is 13.1 Å². The third kappa shape index (κ3) is 2.89. The number of benzene rings is 1. The number of pyridine rings is 1. The van der Waals surface area contributed by atoms with Crippen LogP contribution >= 0.6 is 0 Å². The van der Waals surface area contributed by atoms with Crippen LogP contribution in [0.1, 0.15) is 35.6 Å². The topological polar surface area (TPSA) is 42.1 Å². The number of hydrogen-bond acceptors (Lipinski definition) is 3. The highest BCUT2D eigenvalue weighted by Crippen LogP contribution is 2.32. The Balaban J connectivity index is 1.76. The van der Waals surface area contributed by atoms with E-state index < -0.39 is 0 Å². The van der Waals surface area contributed by atoms with E-state index in [2.05, 4.69) is 40.2 Å². The normalized spacial score (nSPS) is 19.4. The van der Waals surface area contributed by atoms with Gasteiger partial charge < -0.3 is 5.73 Å². The molecule has 0 radical (unpaired) electrons. The van der Waals surface area contributed by atoms with E-state index in [9.17, 15) is 0 Å². The van der Waals surface area contributed by atoms with Crippen LogP contribution in [0.3, 0.4) is 0 Å². The SMILES string of the molecule is NCc1cccc(CN2CCCC2c2cccnc2)c1. The second-order valence-electron chi connectivity index (χ2n) is 5.44. The molecule has 1 saturated heterocycles. The summed E-state index contributed by atoms with van der Waals surface area (Å²) >= 11 is 0. The van der Waals surface area contributed by atoms with Crippen LogP contribution in [0.25, 0.3) is 0 Å². The molecule has 0 aliphatic carbocycles. The van der Waals surface area contributed by atoms with Gasteiger partial charge in [0.15, 0.2) is 0 Å². The summed E-state index contributed by atoms with van der Waals surface area (Å²) < 4.78 is 0. The Kier molecular flexibility index (Phi) is 4.09. The highest BCUT2D eigenvalue weighted by molar-refractivity contribution is 5.24. The summed E-state index contributed by atoms with van der Waals surface area (Å²) in [7, 11) is 0. The molecule has 2 heterocycles. The average Bonchev–Trinajstić information content (AvgIpc) is 2.96. The zero-order valence-electron chi connectivity index (χ0n) is 11.7. The van der Waals surface area contributed by atoms with E-state index in [0.29, 0.717) is 12.6 Å². The van der Waals surface area contributed by atoms with Crippen molar-refractivity contribution in [1.82, 2.24) is 9.88 Å². The van der Waals surface area contributed by atoms with E-state index in [4.69, 9.17) is 5.73 Å².